The van der Waals surface area contributed by atoms with E-state index in [1.54, 1.807) is 0 Å². The fraction of sp³-hybridized carbons (Fsp3) is 0.500. The van der Waals surface area contributed by atoms with Gasteiger partial charge >= 0.3 is 0 Å². The standard InChI is InChI=1S/C22H28N4O2.ClH/c1-15(2)18(23)21(27)26-11-9-22(10-12-26)19-17(8-13-28-22)14-24-20(25-19)16-6-4-3-5-7-16;/h3-7,14-15,18H,8-13,23H2,1-2H3;1H/t18-;/m0./s1. The fourth-order valence-corrected chi connectivity index (χ4v) is 4.10. The molecule has 2 aliphatic rings. The highest BCUT2D eigenvalue weighted by atomic mass is 35.5. The van der Waals surface area contributed by atoms with E-state index in [4.69, 9.17) is 15.5 Å². The summed E-state index contributed by atoms with van der Waals surface area (Å²) in [5.41, 5.74) is 8.80. The van der Waals surface area contributed by atoms with Crippen molar-refractivity contribution < 1.29 is 9.53 Å². The zero-order valence-corrected chi connectivity index (χ0v) is 17.8. The number of nitrogens with zero attached hydrogens (tertiary/aromatic N) is 3. The molecule has 3 heterocycles. The molecule has 4 rings (SSSR count). The van der Waals surface area contributed by atoms with Gasteiger partial charge in [-0.2, -0.15) is 0 Å². The van der Waals surface area contributed by atoms with Gasteiger partial charge in [0.05, 0.1) is 18.3 Å². The third-order valence-corrected chi connectivity index (χ3v) is 5.96. The van der Waals surface area contributed by atoms with Crippen LogP contribution in [-0.4, -0.2) is 46.5 Å². The lowest BCUT2D eigenvalue weighted by atomic mass is 9.83. The van der Waals surface area contributed by atoms with E-state index < -0.39 is 11.6 Å². The van der Waals surface area contributed by atoms with Crippen LogP contribution in [0.3, 0.4) is 0 Å². The fourth-order valence-electron chi connectivity index (χ4n) is 4.10. The summed E-state index contributed by atoms with van der Waals surface area (Å²) in [6.45, 7) is 5.92. The Morgan fingerprint density at radius 1 is 1.21 bits per heavy atom. The number of halogens is 1. The molecule has 0 radical (unpaired) electrons. The first-order valence-corrected chi connectivity index (χ1v) is 10.1. The van der Waals surface area contributed by atoms with Gasteiger partial charge in [-0.15, -0.1) is 12.4 Å². The van der Waals surface area contributed by atoms with Gasteiger partial charge in [0.2, 0.25) is 5.91 Å². The number of piperidine rings is 1. The van der Waals surface area contributed by atoms with Crippen molar-refractivity contribution in [3.63, 3.8) is 0 Å². The Morgan fingerprint density at radius 2 is 1.90 bits per heavy atom. The van der Waals surface area contributed by atoms with Crippen LogP contribution in [0.1, 0.15) is 37.9 Å². The third kappa shape index (κ3) is 4.15. The number of carbonyl (C=O) groups is 1. The molecule has 1 aromatic carbocycles. The van der Waals surface area contributed by atoms with Gasteiger partial charge in [0, 0.05) is 24.8 Å². The topological polar surface area (TPSA) is 81.3 Å². The van der Waals surface area contributed by atoms with Crippen molar-refractivity contribution in [1.29, 1.82) is 0 Å². The van der Waals surface area contributed by atoms with E-state index in [0.29, 0.717) is 19.7 Å². The maximum absolute atomic E-state index is 12.6. The maximum Gasteiger partial charge on any atom is 0.239 e. The molecule has 0 aliphatic carbocycles. The first-order valence-electron chi connectivity index (χ1n) is 10.1. The molecule has 156 valence electrons. The van der Waals surface area contributed by atoms with Crippen molar-refractivity contribution in [3.8, 4) is 11.4 Å². The van der Waals surface area contributed by atoms with Gasteiger partial charge in [-0.25, -0.2) is 9.97 Å². The second kappa shape index (κ2) is 8.78. The van der Waals surface area contributed by atoms with Gasteiger partial charge < -0.3 is 15.4 Å². The van der Waals surface area contributed by atoms with Gasteiger partial charge in [0.15, 0.2) is 5.82 Å². The minimum Gasteiger partial charge on any atom is -0.368 e. The Bertz CT molecular complexity index is 851. The number of amides is 1. The van der Waals surface area contributed by atoms with E-state index in [1.165, 1.54) is 0 Å². The Labute approximate surface area is 178 Å². The lowest BCUT2D eigenvalue weighted by molar-refractivity contribution is -0.143. The Hall–Kier alpha value is -2.02. The zero-order valence-electron chi connectivity index (χ0n) is 17.0. The van der Waals surface area contributed by atoms with E-state index in [1.807, 2.05) is 55.3 Å². The van der Waals surface area contributed by atoms with Gasteiger partial charge in [0.1, 0.15) is 5.60 Å². The average molecular weight is 417 g/mol. The van der Waals surface area contributed by atoms with Crippen molar-refractivity contribution in [2.75, 3.05) is 19.7 Å². The molecule has 6 nitrogen and oxygen atoms in total. The van der Waals surface area contributed by atoms with E-state index in [0.717, 1.165) is 41.9 Å². The molecule has 2 N–H and O–H groups in total. The average Bonchev–Trinajstić information content (AvgIpc) is 2.74. The summed E-state index contributed by atoms with van der Waals surface area (Å²) in [6, 6.07) is 9.57. The van der Waals surface area contributed by atoms with Gasteiger partial charge in [-0.1, -0.05) is 44.2 Å². The molecule has 1 amide bonds. The lowest BCUT2D eigenvalue weighted by Crippen LogP contribution is -2.53. The summed E-state index contributed by atoms with van der Waals surface area (Å²) < 4.78 is 6.30. The lowest BCUT2D eigenvalue weighted by Gasteiger charge is -2.44. The number of likely N-dealkylation sites (tertiary alicyclic amines) is 1. The number of hydrogen-bond donors (Lipinski definition) is 1. The molecule has 0 unspecified atom stereocenters. The first kappa shape index (κ1) is 21.7. The van der Waals surface area contributed by atoms with Crippen LogP contribution < -0.4 is 5.73 Å². The van der Waals surface area contributed by atoms with Crippen LogP contribution in [0.15, 0.2) is 36.5 Å². The van der Waals surface area contributed by atoms with Crippen LogP contribution in [0.5, 0.6) is 0 Å². The van der Waals surface area contributed by atoms with E-state index >= 15 is 0 Å². The molecule has 1 spiro atoms. The highest BCUT2D eigenvalue weighted by Gasteiger charge is 2.44. The Balaban J connectivity index is 0.00000240. The van der Waals surface area contributed by atoms with Crippen molar-refractivity contribution in [3.05, 3.63) is 47.8 Å². The predicted molar refractivity (Wildman–Crippen MR) is 115 cm³/mol. The summed E-state index contributed by atoms with van der Waals surface area (Å²) in [5, 5.41) is 0. The van der Waals surface area contributed by atoms with Crippen LogP contribution in [0.25, 0.3) is 11.4 Å². The SMILES string of the molecule is CC(C)[C@H](N)C(=O)N1CCC2(CC1)OCCc1cnc(-c3ccccc3)nc12.Cl. The number of rotatable bonds is 3. The normalized spacial score (nSPS) is 18.8. The number of nitrogens with two attached hydrogens (primary N) is 1. The number of hydrogen-bond acceptors (Lipinski definition) is 5. The van der Waals surface area contributed by atoms with Crippen LogP contribution in [0, 0.1) is 5.92 Å². The summed E-state index contributed by atoms with van der Waals surface area (Å²) in [6.07, 6.45) is 4.25. The molecular weight excluding hydrogens is 388 g/mol. The van der Waals surface area contributed by atoms with Crippen LogP contribution in [0.2, 0.25) is 0 Å². The number of fused-ring (bicyclic) bond motifs is 2. The number of carbonyl (C=O) groups excluding carboxylic acids is 1. The second-order valence-corrected chi connectivity index (χ2v) is 8.12. The quantitative estimate of drug-likeness (QED) is 0.831. The van der Waals surface area contributed by atoms with Gasteiger partial charge in [0.25, 0.3) is 0 Å². The number of aromatic nitrogens is 2. The molecule has 1 atom stereocenters. The largest absolute Gasteiger partial charge is 0.368 e. The first-order chi connectivity index (χ1) is 13.5. The second-order valence-electron chi connectivity index (χ2n) is 8.12. The monoisotopic (exact) mass is 416 g/mol. The molecule has 2 aromatic rings. The number of ether oxygens (including phenoxy) is 1. The highest BCUT2D eigenvalue weighted by molar-refractivity contribution is 5.85. The number of benzene rings is 1. The molecule has 1 saturated heterocycles. The minimum atomic E-state index is -0.444. The van der Waals surface area contributed by atoms with Crippen molar-refractivity contribution in [1.82, 2.24) is 14.9 Å². The van der Waals surface area contributed by atoms with Crippen LogP contribution >= 0.6 is 12.4 Å². The summed E-state index contributed by atoms with van der Waals surface area (Å²) in [5.74, 6) is 0.898. The minimum absolute atomic E-state index is 0. The van der Waals surface area contributed by atoms with Crippen molar-refractivity contribution in [2.45, 2.75) is 44.8 Å². The van der Waals surface area contributed by atoms with Crippen molar-refractivity contribution >= 4 is 18.3 Å². The predicted octanol–water partition coefficient (Wildman–Crippen LogP) is 2.94. The van der Waals surface area contributed by atoms with E-state index in [9.17, 15) is 4.79 Å². The Kier molecular flexibility index (Phi) is 6.56. The van der Waals surface area contributed by atoms with Gasteiger partial charge in [-0.3, -0.25) is 4.79 Å². The zero-order chi connectivity index (χ0) is 19.7. The molecule has 1 aromatic heterocycles. The third-order valence-electron chi connectivity index (χ3n) is 5.96. The molecule has 7 heteroatoms. The summed E-state index contributed by atoms with van der Waals surface area (Å²) >= 11 is 0. The van der Waals surface area contributed by atoms with Crippen molar-refractivity contribution in [2.24, 2.45) is 11.7 Å². The Morgan fingerprint density at radius 3 is 2.55 bits per heavy atom. The molecule has 2 aliphatic heterocycles. The summed E-state index contributed by atoms with van der Waals surface area (Å²) in [7, 11) is 0. The molecule has 0 saturated carbocycles. The summed E-state index contributed by atoms with van der Waals surface area (Å²) in [4.78, 5) is 24.0. The van der Waals surface area contributed by atoms with E-state index in [-0.39, 0.29) is 24.2 Å². The van der Waals surface area contributed by atoms with Gasteiger partial charge in [-0.05, 0) is 30.7 Å². The van der Waals surface area contributed by atoms with Crippen LogP contribution in [0.4, 0.5) is 0 Å². The maximum atomic E-state index is 12.6. The van der Waals surface area contributed by atoms with E-state index in [2.05, 4.69) is 4.98 Å². The molecule has 0 bridgehead atoms. The van der Waals surface area contributed by atoms with Crippen LogP contribution in [-0.2, 0) is 21.6 Å². The molecule has 29 heavy (non-hydrogen) atoms. The molecular formula is C22H29ClN4O2. The smallest absolute Gasteiger partial charge is 0.239 e. The highest BCUT2D eigenvalue weighted by Crippen LogP contribution is 2.41. The molecule has 1 fully saturated rings.